The lowest BCUT2D eigenvalue weighted by Crippen LogP contribution is -2.38. The number of rotatable bonds is 7. The highest BCUT2D eigenvalue weighted by Crippen LogP contribution is 2.17. The third-order valence-corrected chi connectivity index (χ3v) is 5.82. The van der Waals surface area contributed by atoms with E-state index < -0.39 is 9.84 Å². The van der Waals surface area contributed by atoms with Crippen LogP contribution in [0.25, 0.3) is 0 Å². The topological polar surface area (TPSA) is 83.5 Å². The van der Waals surface area contributed by atoms with Crippen molar-refractivity contribution >= 4 is 51.1 Å². The molecule has 0 unspecified atom stereocenters. The number of thiazole rings is 1. The van der Waals surface area contributed by atoms with Crippen LogP contribution >= 0.6 is 35.3 Å². The second-order valence-electron chi connectivity index (χ2n) is 6.10. The van der Waals surface area contributed by atoms with Crippen LogP contribution < -0.4 is 10.6 Å². The highest BCUT2D eigenvalue weighted by Gasteiger charge is 2.10. The summed E-state index contributed by atoms with van der Waals surface area (Å²) in [5.41, 5.74) is 2.81. The first kappa shape index (κ1) is 23.8. The molecule has 0 bridgehead atoms. The molecule has 0 aliphatic rings. The summed E-state index contributed by atoms with van der Waals surface area (Å²) in [6.07, 6.45) is 2.07. The van der Waals surface area contributed by atoms with E-state index in [0.29, 0.717) is 11.4 Å². The van der Waals surface area contributed by atoms with Gasteiger partial charge in [0.1, 0.15) is 0 Å². The number of hydrogen-bond donors (Lipinski definition) is 2. The summed E-state index contributed by atoms with van der Waals surface area (Å²) >= 11 is 1.66. The minimum absolute atomic E-state index is 0. The molecule has 0 aliphatic heterocycles. The minimum Gasteiger partial charge on any atom is -0.357 e. The summed E-state index contributed by atoms with van der Waals surface area (Å²) in [5.74, 6) is 0.740. The molecule has 0 fully saturated rings. The number of hydrogen-bond acceptors (Lipinski definition) is 5. The van der Waals surface area contributed by atoms with Crippen molar-refractivity contribution in [3.63, 3.8) is 0 Å². The Hall–Kier alpha value is -1.20. The van der Waals surface area contributed by atoms with Crippen LogP contribution in [-0.4, -0.2) is 38.7 Å². The van der Waals surface area contributed by atoms with Crippen molar-refractivity contribution < 1.29 is 8.42 Å². The van der Waals surface area contributed by atoms with E-state index in [9.17, 15) is 8.42 Å². The Morgan fingerprint density at radius 3 is 2.56 bits per heavy atom. The average Bonchev–Trinajstić information content (AvgIpc) is 2.97. The lowest BCUT2D eigenvalue weighted by Gasteiger charge is -2.11. The van der Waals surface area contributed by atoms with E-state index in [1.807, 2.05) is 32.9 Å². The smallest absolute Gasteiger partial charge is 0.191 e. The van der Waals surface area contributed by atoms with Gasteiger partial charge >= 0.3 is 0 Å². The Bertz CT molecular complexity index is 879. The largest absolute Gasteiger partial charge is 0.357 e. The Kier molecular flexibility index (Phi) is 9.68. The van der Waals surface area contributed by atoms with E-state index in [2.05, 4.69) is 26.0 Å². The van der Waals surface area contributed by atoms with Gasteiger partial charge < -0.3 is 10.6 Å². The Morgan fingerprint density at radius 2 is 2.00 bits per heavy atom. The van der Waals surface area contributed by atoms with Gasteiger partial charge in [0.15, 0.2) is 15.8 Å². The third kappa shape index (κ3) is 7.74. The van der Waals surface area contributed by atoms with E-state index in [1.54, 1.807) is 17.4 Å². The van der Waals surface area contributed by atoms with E-state index in [1.165, 1.54) is 6.26 Å². The number of nitrogens with zero attached hydrogens (tertiary/aromatic N) is 2. The summed E-state index contributed by atoms with van der Waals surface area (Å²) < 4.78 is 23.4. The molecule has 0 radical (unpaired) electrons. The van der Waals surface area contributed by atoms with Crippen LogP contribution in [0.2, 0.25) is 0 Å². The number of nitrogens with one attached hydrogen (secondary N) is 2. The molecule has 0 saturated heterocycles. The van der Waals surface area contributed by atoms with Crippen molar-refractivity contribution in [2.75, 3.05) is 19.3 Å². The second-order valence-corrected chi connectivity index (χ2v) is 9.15. The molecular weight excluding hydrogens is 495 g/mol. The zero-order valence-corrected chi connectivity index (χ0v) is 20.0. The Balaban J connectivity index is 0.00000364. The van der Waals surface area contributed by atoms with E-state index in [-0.39, 0.29) is 24.0 Å². The number of aryl methyl sites for hydroxylation is 2. The van der Waals surface area contributed by atoms with Gasteiger partial charge in [-0.2, -0.15) is 0 Å². The van der Waals surface area contributed by atoms with Gasteiger partial charge in [-0.1, -0.05) is 12.1 Å². The van der Waals surface area contributed by atoms with E-state index >= 15 is 0 Å². The molecule has 0 saturated carbocycles. The fraction of sp³-hybridized carbons (Fsp3) is 0.444. The van der Waals surface area contributed by atoms with E-state index in [4.69, 9.17) is 0 Å². The van der Waals surface area contributed by atoms with Gasteiger partial charge in [0.25, 0.3) is 0 Å². The maximum absolute atomic E-state index is 11.7. The minimum atomic E-state index is -3.19. The molecule has 2 N–H and O–H groups in total. The Labute approximate surface area is 182 Å². The van der Waals surface area contributed by atoms with Gasteiger partial charge in [0.2, 0.25) is 0 Å². The normalized spacial score (nSPS) is 11.8. The molecule has 0 aliphatic carbocycles. The van der Waals surface area contributed by atoms with Gasteiger partial charge in [-0.15, -0.1) is 35.3 Å². The van der Waals surface area contributed by atoms with Crippen molar-refractivity contribution in [1.82, 2.24) is 15.6 Å². The molecule has 0 amide bonds. The standard InChI is InChI=1S/C18H26N4O2S2.HI/c1-5-19-18(20-9-8-16-12-25-14(3)22-16)21-11-15-6-7-17(13(2)10-15)26(4,23)24;/h6-7,10,12H,5,8-9,11H2,1-4H3,(H2,19,20,21);1H. The molecule has 0 spiro atoms. The zero-order valence-electron chi connectivity index (χ0n) is 16.1. The third-order valence-electron chi connectivity index (χ3n) is 3.74. The van der Waals surface area contributed by atoms with Gasteiger partial charge in [0.05, 0.1) is 22.1 Å². The predicted octanol–water partition coefficient (Wildman–Crippen LogP) is 3.08. The van der Waals surface area contributed by atoms with E-state index in [0.717, 1.165) is 47.3 Å². The SMILES string of the molecule is CCNC(=NCc1ccc(S(C)(=O)=O)c(C)c1)NCCc1csc(C)n1.I. The summed E-state index contributed by atoms with van der Waals surface area (Å²) in [6.45, 7) is 7.84. The van der Waals surface area contributed by atoms with Gasteiger partial charge in [-0.25, -0.2) is 18.4 Å². The second kappa shape index (κ2) is 11.0. The maximum atomic E-state index is 11.7. The number of sulfone groups is 1. The molecular formula is C18H27IN4O2S2. The highest BCUT2D eigenvalue weighted by atomic mass is 127. The number of aromatic nitrogens is 1. The van der Waals surface area contributed by atoms with Crippen LogP contribution in [0.1, 0.15) is 28.8 Å². The lowest BCUT2D eigenvalue weighted by atomic mass is 10.1. The summed E-state index contributed by atoms with van der Waals surface area (Å²) in [7, 11) is -3.19. The molecule has 1 aromatic carbocycles. The average molecular weight is 522 g/mol. The van der Waals surface area contributed by atoms with Gasteiger partial charge in [-0.3, -0.25) is 0 Å². The van der Waals surface area contributed by atoms with Crippen LogP contribution in [0, 0.1) is 13.8 Å². The van der Waals surface area contributed by atoms with Crippen LogP contribution in [0.5, 0.6) is 0 Å². The fourth-order valence-corrected chi connectivity index (χ4v) is 4.18. The molecule has 1 aromatic heterocycles. The Morgan fingerprint density at radius 1 is 1.26 bits per heavy atom. The first-order valence-corrected chi connectivity index (χ1v) is 11.3. The summed E-state index contributed by atoms with van der Waals surface area (Å²) in [5, 5.41) is 9.68. The van der Waals surface area contributed by atoms with Crippen molar-refractivity contribution in [2.24, 2.45) is 4.99 Å². The molecule has 0 atom stereocenters. The highest BCUT2D eigenvalue weighted by molar-refractivity contribution is 14.0. The van der Waals surface area contributed by atoms with Crippen molar-refractivity contribution in [1.29, 1.82) is 0 Å². The first-order chi connectivity index (χ1) is 12.3. The van der Waals surface area contributed by atoms with Crippen LogP contribution in [0.4, 0.5) is 0 Å². The van der Waals surface area contributed by atoms with Crippen LogP contribution in [-0.2, 0) is 22.8 Å². The van der Waals surface area contributed by atoms with Crippen LogP contribution in [0.3, 0.4) is 0 Å². The zero-order chi connectivity index (χ0) is 19.2. The molecule has 1 heterocycles. The molecule has 9 heteroatoms. The first-order valence-electron chi connectivity index (χ1n) is 8.52. The van der Waals surface area contributed by atoms with Crippen LogP contribution in [0.15, 0.2) is 33.5 Å². The quantitative estimate of drug-likeness (QED) is 0.332. The molecule has 27 heavy (non-hydrogen) atoms. The monoisotopic (exact) mass is 522 g/mol. The number of guanidine groups is 1. The van der Waals surface area contributed by atoms with Gasteiger partial charge in [0, 0.05) is 31.1 Å². The van der Waals surface area contributed by atoms with Crippen molar-refractivity contribution in [3.8, 4) is 0 Å². The maximum Gasteiger partial charge on any atom is 0.191 e. The number of halogens is 1. The molecule has 150 valence electrons. The van der Waals surface area contributed by atoms with Gasteiger partial charge in [-0.05, 0) is 38.0 Å². The number of benzene rings is 1. The lowest BCUT2D eigenvalue weighted by molar-refractivity contribution is 0.601. The molecule has 2 rings (SSSR count). The molecule has 2 aromatic rings. The molecule has 6 nitrogen and oxygen atoms in total. The van der Waals surface area contributed by atoms with Crippen molar-refractivity contribution in [2.45, 2.75) is 38.6 Å². The number of aliphatic imine (C=N–C) groups is 1. The summed E-state index contributed by atoms with van der Waals surface area (Å²) in [4.78, 5) is 9.40. The summed E-state index contributed by atoms with van der Waals surface area (Å²) in [6, 6.07) is 5.34. The fourth-order valence-electron chi connectivity index (χ4n) is 2.57. The predicted molar refractivity (Wildman–Crippen MR) is 123 cm³/mol. The van der Waals surface area contributed by atoms with Crippen molar-refractivity contribution in [3.05, 3.63) is 45.4 Å².